The molecule has 0 bridgehead atoms. The van der Waals surface area contributed by atoms with Gasteiger partial charge in [-0.25, -0.2) is 4.79 Å². The molecule has 2 amide bonds. The minimum atomic E-state index is -0.235. The predicted octanol–water partition coefficient (Wildman–Crippen LogP) is 4.68. The van der Waals surface area contributed by atoms with Gasteiger partial charge in [0.25, 0.3) is 0 Å². The lowest BCUT2D eigenvalue weighted by atomic mass is 10.2. The van der Waals surface area contributed by atoms with E-state index >= 15 is 0 Å². The summed E-state index contributed by atoms with van der Waals surface area (Å²) in [4.78, 5) is 11.7. The molecule has 0 aliphatic rings. The second kappa shape index (κ2) is 8.00. The van der Waals surface area contributed by atoms with E-state index in [1.54, 1.807) is 6.20 Å². The van der Waals surface area contributed by atoms with Gasteiger partial charge in [0, 0.05) is 21.7 Å². The van der Waals surface area contributed by atoms with Crippen molar-refractivity contribution in [1.82, 2.24) is 10.6 Å². The topological polar surface area (TPSA) is 41.1 Å². The van der Waals surface area contributed by atoms with Crippen LogP contribution in [0.25, 0.3) is 6.08 Å². The fraction of sp³-hybridized carbons (Fsp3) is 0.0625. The van der Waals surface area contributed by atoms with Crippen LogP contribution in [0.15, 0.2) is 63.7 Å². The Kier molecular flexibility index (Phi) is 6.02. The second-order valence-electron chi connectivity index (χ2n) is 4.31. The van der Waals surface area contributed by atoms with E-state index in [0.717, 1.165) is 20.1 Å². The molecular formula is C16H14Br2N2O. The Morgan fingerprint density at radius 3 is 2.48 bits per heavy atom. The zero-order valence-electron chi connectivity index (χ0n) is 11.1. The summed E-state index contributed by atoms with van der Waals surface area (Å²) in [6.45, 7) is 0.488. The van der Waals surface area contributed by atoms with Crippen LogP contribution in [0.3, 0.4) is 0 Å². The van der Waals surface area contributed by atoms with Gasteiger partial charge in [-0.1, -0.05) is 62.2 Å². The molecule has 2 aromatic carbocycles. The Balaban J connectivity index is 1.80. The summed E-state index contributed by atoms with van der Waals surface area (Å²) in [5, 5.41) is 5.47. The number of carbonyl (C=O) groups is 1. The van der Waals surface area contributed by atoms with Gasteiger partial charge in [-0.05, 0) is 35.4 Å². The average molecular weight is 410 g/mol. The van der Waals surface area contributed by atoms with Crippen molar-refractivity contribution in [2.75, 3.05) is 0 Å². The van der Waals surface area contributed by atoms with Crippen LogP contribution in [0.4, 0.5) is 4.79 Å². The first-order valence-electron chi connectivity index (χ1n) is 6.35. The first-order chi connectivity index (χ1) is 10.1. The summed E-state index contributed by atoms with van der Waals surface area (Å²) >= 11 is 6.82. The summed E-state index contributed by atoms with van der Waals surface area (Å²) < 4.78 is 2.00. The maximum absolute atomic E-state index is 11.7. The zero-order chi connectivity index (χ0) is 15.1. The molecule has 21 heavy (non-hydrogen) atoms. The zero-order valence-corrected chi connectivity index (χ0v) is 14.3. The molecule has 0 radical (unpaired) electrons. The lowest BCUT2D eigenvalue weighted by molar-refractivity contribution is 0.244. The normalized spacial score (nSPS) is 10.6. The summed E-state index contributed by atoms with van der Waals surface area (Å²) in [6.07, 6.45) is 3.46. The monoisotopic (exact) mass is 408 g/mol. The first-order valence-corrected chi connectivity index (χ1v) is 7.93. The molecule has 0 aliphatic carbocycles. The minimum Gasteiger partial charge on any atom is -0.334 e. The smallest absolute Gasteiger partial charge is 0.319 e. The molecule has 0 unspecified atom stereocenters. The summed E-state index contributed by atoms with van der Waals surface area (Å²) in [6, 6.07) is 15.4. The van der Waals surface area contributed by atoms with Crippen LogP contribution in [-0.2, 0) is 6.54 Å². The number of halogens is 2. The maximum Gasteiger partial charge on any atom is 0.319 e. The quantitative estimate of drug-likeness (QED) is 0.756. The average Bonchev–Trinajstić information content (AvgIpc) is 2.49. The van der Waals surface area contributed by atoms with Crippen molar-refractivity contribution in [2.45, 2.75) is 6.54 Å². The molecule has 108 valence electrons. The molecule has 0 aliphatic heterocycles. The standard InChI is InChI=1S/C16H14Br2N2O/c17-14-7-5-12(6-8-14)11-20-16(21)19-10-9-13-3-1-2-4-15(13)18/h1-10H,11H2,(H2,19,20,21)/b10-9+. The Morgan fingerprint density at radius 1 is 1.05 bits per heavy atom. The number of hydrogen-bond donors (Lipinski definition) is 2. The van der Waals surface area contributed by atoms with Crippen LogP contribution in [-0.4, -0.2) is 6.03 Å². The number of rotatable bonds is 4. The van der Waals surface area contributed by atoms with E-state index < -0.39 is 0 Å². The Hall–Kier alpha value is -1.59. The van der Waals surface area contributed by atoms with E-state index in [0.29, 0.717) is 6.54 Å². The van der Waals surface area contributed by atoms with Gasteiger partial charge in [-0.3, -0.25) is 0 Å². The molecule has 0 heterocycles. The lowest BCUT2D eigenvalue weighted by Gasteiger charge is -2.05. The molecule has 0 spiro atoms. The number of urea groups is 1. The summed E-state index contributed by atoms with van der Waals surface area (Å²) in [5.41, 5.74) is 2.05. The number of hydrogen-bond acceptors (Lipinski definition) is 1. The van der Waals surface area contributed by atoms with Gasteiger partial charge >= 0.3 is 6.03 Å². The highest BCUT2D eigenvalue weighted by Crippen LogP contribution is 2.16. The lowest BCUT2D eigenvalue weighted by Crippen LogP contribution is -2.31. The Bertz CT molecular complexity index is 639. The molecule has 0 saturated heterocycles. The van der Waals surface area contributed by atoms with Crippen molar-refractivity contribution in [2.24, 2.45) is 0 Å². The van der Waals surface area contributed by atoms with Crippen LogP contribution < -0.4 is 10.6 Å². The molecule has 0 fully saturated rings. The SMILES string of the molecule is O=C(N/C=C/c1ccccc1Br)NCc1ccc(Br)cc1. The first kappa shape index (κ1) is 15.8. The van der Waals surface area contributed by atoms with Gasteiger partial charge in [0.2, 0.25) is 0 Å². The van der Waals surface area contributed by atoms with E-state index in [9.17, 15) is 4.79 Å². The number of carbonyl (C=O) groups excluding carboxylic acids is 1. The number of nitrogens with one attached hydrogen (secondary N) is 2. The molecule has 0 aromatic heterocycles. The highest BCUT2D eigenvalue weighted by molar-refractivity contribution is 9.10. The molecule has 2 N–H and O–H groups in total. The van der Waals surface area contributed by atoms with E-state index in [2.05, 4.69) is 42.5 Å². The van der Waals surface area contributed by atoms with Gasteiger partial charge in [0.1, 0.15) is 0 Å². The van der Waals surface area contributed by atoms with Crippen LogP contribution in [0.5, 0.6) is 0 Å². The van der Waals surface area contributed by atoms with E-state index in [1.165, 1.54) is 0 Å². The number of amides is 2. The van der Waals surface area contributed by atoms with Gasteiger partial charge in [-0.2, -0.15) is 0 Å². The van der Waals surface area contributed by atoms with Crippen molar-refractivity contribution in [3.8, 4) is 0 Å². The van der Waals surface area contributed by atoms with Gasteiger partial charge in [0.05, 0.1) is 0 Å². The van der Waals surface area contributed by atoms with Crippen molar-refractivity contribution in [3.63, 3.8) is 0 Å². The fourth-order valence-electron chi connectivity index (χ4n) is 1.65. The minimum absolute atomic E-state index is 0.235. The van der Waals surface area contributed by atoms with Gasteiger partial charge in [0.15, 0.2) is 0 Å². The number of benzene rings is 2. The van der Waals surface area contributed by atoms with E-state index in [-0.39, 0.29) is 6.03 Å². The highest BCUT2D eigenvalue weighted by atomic mass is 79.9. The molecule has 3 nitrogen and oxygen atoms in total. The van der Waals surface area contributed by atoms with Crippen molar-refractivity contribution in [3.05, 3.63) is 74.8 Å². The van der Waals surface area contributed by atoms with Crippen LogP contribution in [0.2, 0.25) is 0 Å². The summed E-state index contributed by atoms with van der Waals surface area (Å²) in [7, 11) is 0. The van der Waals surface area contributed by atoms with E-state index in [4.69, 9.17) is 0 Å². The molecule has 5 heteroatoms. The molecule has 2 rings (SSSR count). The maximum atomic E-state index is 11.7. The van der Waals surface area contributed by atoms with Crippen molar-refractivity contribution >= 4 is 44.0 Å². The molecular weight excluding hydrogens is 396 g/mol. The van der Waals surface area contributed by atoms with Crippen molar-refractivity contribution in [1.29, 1.82) is 0 Å². The van der Waals surface area contributed by atoms with Gasteiger partial charge < -0.3 is 10.6 Å². The third kappa shape index (κ3) is 5.36. The Labute approximate surface area is 140 Å². The summed E-state index contributed by atoms with van der Waals surface area (Å²) in [5.74, 6) is 0. The third-order valence-electron chi connectivity index (χ3n) is 2.75. The van der Waals surface area contributed by atoms with Crippen molar-refractivity contribution < 1.29 is 4.79 Å². The predicted molar refractivity (Wildman–Crippen MR) is 92.7 cm³/mol. The van der Waals surface area contributed by atoms with Crippen LogP contribution in [0.1, 0.15) is 11.1 Å². The van der Waals surface area contributed by atoms with Crippen LogP contribution in [0, 0.1) is 0 Å². The fourth-order valence-corrected chi connectivity index (χ4v) is 2.33. The van der Waals surface area contributed by atoms with Crippen LogP contribution >= 0.6 is 31.9 Å². The molecule has 0 saturated carbocycles. The largest absolute Gasteiger partial charge is 0.334 e. The van der Waals surface area contributed by atoms with Gasteiger partial charge in [-0.15, -0.1) is 0 Å². The third-order valence-corrected chi connectivity index (χ3v) is 4.00. The second-order valence-corrected chi connectivity index (χ2v) is 6.08. The van der Waals surface area contributed by atoms with E-state index in [1.807, 2.05) is 54.6 Å². The Morgan fingerprint density at radius 2 is 1.76 bits per heavy atom. The highest BCUT2D eigenvalue weighted by Gasteiger charge is 1.98. The molecule has 0 atom stereocenters. The molecule has 2 aromatic rings.